The van der Waals surface area contributed by atoms with Gasteiger partial charge in [-0.15, -0.1) is 0 Å². The average Bonchev–Trinajstić information content (AvgIpc) is 2.24. The highest BCUT2D eigenvalue weighted by Crippen LogP contribution is 2.20. The Balaban J connectivity index is 2.37. The van der Waals surface area contributed by atoms with Crippen molar-refractivity contribution in [3.63, 3.8) is 0 Å². The fraction of sp³-hybridized carbons (Fsp3) is 0.300. The normalized spacial score (nSPS) is 16.2. The lowest BCUT2D eigenvalue weighted by Gasteiger charge is -2.27. The van der Waals surface area contributed by atoms with E-state index in [1.807, 2.05) is 6.07 Å². The Hall–Kier alpha value is -1.13. The topological polar surface area (TPSA) is 82.0 Å². The second kappa shape index (κ2) is 4.63. The first-order valence-corrected chi connectivity index (χ1v) is 6.82. The standard InChI is InChI=1S/C10H10ClN3O2S/c11-8-2-1-7(4-12)10(3-8)17(15,16)14-9-5-13-6-9/h1-3,9,13-14H,5-6H2. The van der Waals surface area contributed by atoms with Crippen molar-refractivity contribution >= 4 is 21.6 Å². The molecule has 1 aliphatic heterocycles. The molecule has 1 saturated heterocycles. The fourth-order valence-electron chi connectivity index (χ4n) is 1.47. The van der Waals surface area contributed by atoms with Crippen molar-refractivity contribution in [1.82, 2.24) is 10.0 Å². The minimum absolute atomic E-state index is 0.0700. The number of nitriles is 1. The Labute approximate surface area is 104 Å². The van der Waals surface area contributed by atoms with Gasteiger partial charge in [0.25, 0.3) is 0 Å². The van der Waals surface area contributed by atoms with Crippen LogP contribution in [0, 0.1) is 11.3 Å². The van der Waals surface area contributed by atoms with E-state index in [9.17, 15) is 8.42 Å². The molecule has 0 atom stereocenters. The molecule has 1 aromatic rings. The highest BCUT2D eigenvalue weighted by atomic mass is 35.5. The third-order valence-electron chi connectivity index (χ3n) is 2.46. The molecule has 90 valence electrons. The maximum Gasteiger partial charge on any atom is 0.242 e. The van der Waals surface area contributed by atoms with Crippen LogP contribution >= 0.6 is 11.6 Å². The number of hydrogen-bond donors (Lipinski definition) is 2. The molecule has 0 bridgehead atoms. The van der Waals surface area contributed by atoms with Crippen LogP contribution in [0.15, 0.2) is 23.1 Å². The van der Waals surface area contributed by atoms with Crippen LogP contribution in [-0.2, 0) is 10.0 Å². The zero-order valence-electron chi connectivity index (χ0n) is 8.77. The lowest BCUT2D eigenvalue weighted by Crippen LogP contribution is -2.56. The van der Waals surface area contributed by atoms with Gasteiger partial charge in [0.15, 0.2) is 0 Å². The SMILES string of the molecule is N#Cc1ccc(Cl)cc1S(=O)(=O)NC1CNC1. The highest BCUT2D eigenvalue weighted by molar-refractivity contribution is 7.89. The van der Waals surface area contributed by atoms with Crippen molar-refractivity contribution in [2.45, 2.75) is 10.9 Å². The van der Waals surface area contributed by atoms with Crippen molar-refractivity contribution < 1.29 is 8.42 Å². The minimum atomic E-state index is -3.68. The lowest BCUT2D eigenvalue weighted by atomic mass is 10.2. The molecule has 0 spiro atoms. The number of benzene rings is 1. The summed E-state index contributed by atoms with van der Waals surface area (Å²) in [6, 6.07) is 5.90. The van der Waals surface area contributed by atoms with E-state index in [1.165, 1.54) is 18.2 Å². The Morgan fingerprint density at radius 1 is 1.47 bits per heavy atom. The predicted molar refractivity (Wildman–Crippen MR) is 63.1 cm³/mol. The van der Waals surface area contributed by atoms with Crippen molar-refractivity contribution in [1.29, 1.82) is 5.26 Å². The van der Waals surface area contributed by atoms with Crippen LogP contribution in [0.5, 0.6) is 0 Å². The lowest BCUT2D eigenvalue weighted by molar-refractivity contribution is 0.410. The van der Waals surface area contributed by atoms with E-state index in [0.29, 0.717) is 13.1 Å². The molecule has 2 N–H and O–H groups in total. The Bertz CT molecular complexity index is 576. The van der Waals surface area contributed by atoms with Gasteiger partial charge >= 0.3 is 0 Å². The Morgan fingerprint density at radius 3 is 2.71 bits per heavy atom. The van der Waals surface area contributed by atoms with E-state index >= 15 is 0 Å². The van der Waals surface area contributed by atoms with Crippen molar-refractivity contribution in [3.05, 3.63) is 28.8 Å². The molecule has 2 rings (SSSR count). The van der Waals surface area contributed by atoms with Crippen LogP contribution in [0.4, 0.5) is 0 Å². The van der Waals surface area contributed by atoms with E-state index in [2.05, 4.69) is 10.0 Å². The average molecular weight is 272 g/mol. The van der Waals surface area contributed by atoms with Gasteiger partial charge < -0.3 is 5.32 Å². The zero-order valence-corrected chi connectivity index (χ0v) is 10.3. The van der Waals surface area contributed by atoms with E-state index in [1.54, 1.807) is 0 Å². The van der Waals surface area contributed by atoms with Crippen LogP contribution in [0.1, 0.15) is 5.56 Å². The number of halogens is 1. The summed E-state index contributed by atoms with van der Waals surface area (Å²) in [5.74, 6) is 0. The summed E-state index contributed by atoms with van der Waals surface area (Å²) in [7, 11) is -3.68. The van der Waals surface area contributed by atoms with Gasteiger partial charge in [0.2, 0.25) is 10.0 Å². The first-order valence-electron chi connectivity index (χ1n) is 4.95. The molecule has 1 aliphatic rings. The molecule has 17 heavy (non-hydrogen) atoms. The maximum atomic E-state index is 12.0. The van der Waals surface area contributed by atoms with E-state index in [0.717, 1.165) is 0 Å². The largest absolute Gasteiger partial charge is 0.313 e. The van der Waals surface area contributed by atoms with E-state index in [-0.39, 0.29) is 21.5 Å². The van der Waals surface area contributed by atoms with Gasteiger partial charge in [-0.2, -0.15) is 5.26 Å². The Kier molecular flexibility index (Phi) is 3.35. The van der Waals surface area contributed by atoms with Gasteiger partial charge in [-0.05, 0) is 18.2 Å². The van der Waals surface area contributed by atoms with Crippen LogP contribution in [-0.4, -0.2) is 27.5 Å². The minimum Gasteiger partial charge on any atom is -0.313 e. The van der Waals surface area contributed by atoms with E-state index in [4.69, 9.17) is 16.9 Å². The summed E-state index contributed by atoms with van der Waals surface area (Å²) >= 11 is 5.75. The fourth-order valence-corrected chi connectivity index (χ4v) is 3.12. The summed E-state index contributed by atoms with van der Waals surface area (Å²) in [5.41, 5.74) is 0.0918. The smallest absolute Gasteiger partial charge is 0.242 e. The molecular formula is C10H10ClN3O2S. The molecule has 0 aromatic heterocycles. The van der Waals surface area contributed by atoms with Crippen LogP contribution in [0.2, 0.25) is 5.02 Å². The van der Waals surface area contributed by atoms with Gasteiger partial charge in [0.1, 0.15) is 11.0 Å². The van der Waals surface area contributed by atoms with Crippen molar-refractivity contribution in [2.75, 3.05) is 13.1 Å². The molecule has 0 amide bonds. The summed E-state index contributed by atoms with van der Waals surface area (Å²) in [6.07, 6.45) is 0. The van der Waals surface area contributed by atoms with Crippen LogP contribution in [0.3, 0.4) is 0 Å². The quantitative estimate of drug-likeness (QED) is 0.837. The Morgan fingerprint density at radius 2 is 2.18 bits per heavy atom. The molecular weight excluding hydrogens is 262 g/mol. The summed E-state index contributed by atoms with van der Waals surface area (Å²) in [4.78, 5) is -0.0700. The second-order valence-corrected chi connectivity index (χ2v) is 5.85. The van der Waals surface area contributed by atoms with Gasteiger partial charge in [-0.25, -0.2) is 13.1 Å². The number of nitrogens with zero attached hydrogens (tertiary/aromatic N) is 1. The summed E-state index contributed by atoms with van der Waals surface area (Å²) in [5, 5.41) is 12.1. The number of hydrogen-bond acceptors (Lipinski definition) is 4. The molecule has 0 aliphatic carbocycles. The summed E-state index contributed by atoms with van der Waals surface area (Å²) < 4.78 is 26.5. The molecule has 7 heteroatoms. The maximum absolute atomic E-state index is 12.0. The molecule has 0 saturated carbocycles. The summed E-state index contributed by atoms with van der Waals surface area (Å²) in [6.45, 7) is 1.20. The zero-order chi connectivity index (χ0) is 12.5. The molecule has 0 unspecified atom stereocenters. The van der Waals surface area contributed by atoms with Gasteiger partial charge in [-0.1, -0.05) is 11.6 Å². The second-order valence-electron chi connectivity index (χ2n) is 3.73. The van der Waals surface area contributed by atoms with Gasteiger partial charge in [-0.3, -0.25) is 0 Å². The van der Waals surface area contributed by atoms with E-state index < -0.39 is 10.0 Å². The van der Waals surface area contributed by atoms with Gasteiger partial charge in [0, 0.05) is 24.2 Å². The molecule has 1 aromatic carbocycles. The first-order chi connectivity index (χ1) is 8.03. The van der Waals surface area contributed by atoms with Crippen LogP contribution < -0.4 is 10.0 Å². The molecule has 5 nitrogen and oxygen atoms in total. The first kappa shape index (κ1) is 12.3. The molecule has 1 heterocycles. The number of nitrogens with one attached hydrogen (secondary N) is 2. The monoisotopic (exact) mass is 271 g/mol. The third-order valence-corrected chi connectivity index (χ3v) is 4.25. The van der Waals surface area contributed by atoms with Gasteiger partial charge in [0.05, 0.1) is 5.56 Å². The molecule has 1 fully saturated rings. The highest BCUT2D eigenvalue weighted by Gasteiger charge is 2.26. The third kappa shape index (κ3) is 2.58. The molecule has 0 radical (unpaired) electrons. The predicted octanol–water partition coefficient (Wildman–Crippen LogP) is 0.462. The van der Waals surface area contributed by atoms with Crippen LogP contribution in [0.25, 0.3) is 0 Å². The van der Waals surface area contributed by atoms with Crippen molar-refractivity contribution in [3.8, 4) is 6.07 Å². The number of sulfonamides is 1. The number of rotatable bonds is 3. The van der Waals surface area contributed by atoms with Crippen molar-refractivity contribution in [2.24, 2.45) is 0 Å².